The molecule has 102 valence electrons. The third kappa shape index (κ3) is 3.34. The molecule has 3 heteroatoms. The maximum atomic E-state index is 6.46. The average molecular weight is 266 g/mol. The number of thiophene rings is 1. The van der Waals surface area contributed by atoms with Gasteiger partial charge in [0.2, 0.25) is 0 Å². The van der Waals surface area contributed by atoms with Gasteiger partial charge in [-0.05, 0) is 75.0 Å². The Kier molecular flexibility index (Phi) is 4.82. The van der Waals surface area contributed by atoms with Crippen molar-refractivity contribution in [3.05, 3.63) is 22.4 Å². The zero-order valence-electron chi connectivity index (χ0n) is 11.7. The molecule has 1 fully saturated rings. The molecule has 0 radical (unpaired) electrons. The number of hydrogen-bond acceptors (Lipinski definition) is 3. The number of nitrogens with two attached hydrogens (primary N) is 1. The van der Waals surface area contributed by atoms with Crippen LogP contribution in [0.15, 0.2) is 16.8 Å². The Hall–Kier alpha value is -0.380. The Morgan fingerprint density at radius 2 is 2.06 bits per heavy atom. The van der Waals surface area contributed by atoms with Crippen LogP contribution in [0, 0.1) is 0 Å². The highest BCUT2D eigenvalue weighted by Crippen LogP contribution is 2.25. The zero-order valence-corrected chi connectivity index (χ0v) is 12.5. The van der Waals surface area contributed by atoms with Gasteiger partial charge in [-0.15, -0.1) is 0 Å². The second kappa shape index (κ2) is 6.18. The topological polar surface area (TPSA) is 29.3 Å². The lowest BCUT2D eigenvalue weighted by Crippen LogP contribution is -2.57. The van der Waals surface area contributed by atoms with Crippen LogP contribution < -0.4 is 5.73 Å². The molecule has 0 aromatic carbocycles. The second-order valence-corrected chi connectivity index (χ2v) is 6.76. The van der Waals surface area contributed by atoms with Gasteiger partial charge in [0.1, 0.15) is 0 Å². The van der Waals surface area contributed by atoms with Crippen LogP contribution in [0.3, 0.4) is 0 Å². The van der Waals surface area contributed by atoms with E-state index in [2.05, 4.69) is 35.6 Å². The minimum atomic E-state index is 0.135. The standard InChI is InChI=1S/C15H26N2S/c1-15(2,17-9-4-3-5-10-17)14(16)7-6-13-8-11-18-12-13/h8,11-12,14H,3-7,9-10,16H2,1-2H3. The summed E-state index contributed by atoms with van der Waals surface area (Å²) in [5.41, 5.74) is 8.03. The first-order valence-electron chi connectivity index (χ1n) is 7.12. The fourth-order valence-electron chi connectivity index (χ4n) is 2.82. The lowest BCUT2D eigenvalue weighted by Gasteiger charge is -2.44. The van der Waals surface area contributed by atoms with Crippen molar-refractivity contribution in [3.8, 4) is 0 Å². The van der Waals surface area contributed by atoms with Crippen LogP contribution in [0.5, 0.6) is 0 Å². The number of piperidine rings is 1. The summed E-state index contributed by atoms with van der Waals surface area (Å²) in [5, 5.41) is 4.39. The molecule has 1 aromatic heterocycles. The Morgan fingerprint density at radius 1 is 1.33 bits per heavy atom. The average Bonchev–Trinajstić information content (AvgIpc) is 2.90. The van der Waals surface area contributed by atoms with Gasteiger partial charge in [0, 0.05) is 11.6 Å². The molecule has 0 bridgehead atoms. The minimum Gasteiger partial charge on any atom is -0.326 e. The van der Waals surface area contributed by atoms with Crippen LogP contribution in [-0.2, 0) is 6.42 Å². The largest absolute Gasteiger partial charge is 0.326 e. The van der Waals surface area contributed by atoms with Crippen LogP contribution in [0.2, 0.25) is 0 Å². The van der Waals surface area contributed by atoms with Crippen LogP contribution in [-0.4, -0.2) is 29.6 Å². The van der Waals surface area contributed by atoms with E-state index in [4.69, 9.17) is 5.73 Å². The van der Waals surface area contributed by atoms with E-state index >= 15 is 0 Å². The zero-order chi connectivity index (χ0) is 13.0. The molecule has 2 heterocycles. The molecule has 2 rings (SSSR count). The minimum absolute atomic E-state index is 0.135. The van der Waals surface area contributed by atoms with Crippen LogP contribution in [0.1, 0.15) is 45.1 Å². The lowest BCUT2D eigenvalue weighted by atomic mass is 9.87. The maximum absolute atomic E-state index is 6.46. The highest BCUT2D eigenvalue weighted by molar-refractivity contribution is 7.07. The van der Waals surface area contributed by atoms with Gasteiger partial charge in [0.25, 0.3) is 0 Å². The molecule has 0 spiro atoms. The predicted octanol–water partition coefficient (Wildman–Crippen LogP) is 3.27. The Morgan fingerprint density at radius 3 is 2.67 bits per heavy atom. The van der Waals surface area contributed by atoms with Crippen molar-refractivity contribution in [2.45, 2.75) is 57.5 Å². The molecule has 1 saturated heterocycles. The first kappa shape index (κ1) is 14.0. The number of rotatable bonds is 5. The van der Waals surface area contributed by atoms with Crippen LogP contribution in [0.25, 0.3) is 0 Å². The maximum Gasteiger partial charge on any atom is 0.0304 e. The van der Waals surface area contributed by atoms with E-state index in [0.717, 1.165) is 12.8 Å². The van der Waals surface area contributed by atoms with Gasteiger partial charge in [0.15, 0.2) is 0 Å². The summed E-state index contributed by atoms with van der Waals surface area (Å²) < 4.78 is 0. The van der Waals surface area contributed by atoms with Crippen molar-refractivity contribution in [2.24, 2.45) is 5.73 Å². The highest BCUT2D eigenvalue weighted by atomic mass is 32.1. The molecule has 1 aromatic rings. The normalized spacial score (nSPS) is 19.9. The van der Waals surface area contributed by atoms with Gasteiger partial charge in [-0.3, -0.25) is 4.90 Å². The summed E-state index contributed by atoms with van der Waals surface area (Å²) in [6.45, 7) is 7.07. The fourth-order valence-corrected chi connectivity index (χ4v) is 3.52. The molecule has 18 heavy (non-hydrogen) atoms. The number of likely N-dealkylation sites (tertiary alicyclic amines) is 1. The third-order valence-corrected chi connectivity index (χ3v) is 5.13. The number of hydrogen-bond donors (Lipinski definition) is 1. The summed E-state index contributed by atoms with van der Waals surface area (Å²) in [7, 11) is 0. The Balaban J connectivity index is 1.87. The first-order chi connectivity index (χ1) is 8.60. The summed E-state index contributed by atoms with van der Waals surface area (Å²) >= 11 is 1.78. The van der Waals surface area contributed by atoms with Crippen molar-refractivity contribution >= 4 is 11.3 Å². The molecule has 2 nitrogen and oxygen atoms in total. The Bertz CT molecular complexity index is 339. The molecule has 2 N–H and O–H groups in total. The molecule has 0 saturated carbocycles. The van der Waals surface area contributed by atoms with E-state index in [-0.39, 0.29) is 11.6 Å². The van der Waals surface area contributed by atoms with Gasteiger partial charge < -0.3 is 5.73 Å². The van der Waals surface area contributed by atoms with Gasteiger partial charge >= 0.3 is 0 Å². The second-order valence-electron chi connectivity index (χ2n) is 5.98. The highest BCUT2D eigenvalue weighted by Gasteiger charge is 2.33. The molecule has 1 atom stereocenters. The van der Waals surface area contributed by atoms with Crippen molar-refractivity contribution in [1.82, 2.24) is 4.90 Å². The number of aryl methyl sites for hydroxylation is 1. The van der Waals surface area contributed by atoms with E-state index in [0.29, 0.717) is 0 Å². The monoisotopic (exact) mass is 266 g/mol. The van der Waals surface area contributed by atoms with E-state index in [1.165, 1.54) is 37.9 Å². The summed E-state index contributed by atoms with van der Waals surface area (Å²) in [5.74, 6) is 0. The van der Waals surface area contributed by atoms with Crippen LogP contribution in [0.4, 0.5) is 0 Å². The van der Waals surface area contributed by atoms with Crippen molar-refractivity contribution in [1.29, 1.82) is 0 Å². The first-order valence-corrected chi connectivity index (χ1v) is 8.06. The van der Waals surface area contributed by atoms with Crippen molar-refractivity contribution in [3.63, 3.8) is 0 Å². The molecule has 1 unspecified atom stereocenters. The van der Waals surface area contributed by atoms with E-state index in [1.807, 2.05) is 0 Å². The van der Waals surface area contributed by atoms with Gasteiger partial charge in [-0.1, -0.05) is 6.42 Å². The van der Waals surface area contributed by atoms with Gasteiger partial charge in [-0.25, -0.2) is 0 Å². The van der Waals surface area contributed by atoms with Crippen molar-refractivity contribution in [2.75, 3.05) is 13.1 Å². The SMILES string of the molecule is CC(C)(C(N)CCc1ccsc1)N1CCCCC1. The molecule has 0 aliphatic carbocycles. The van der Waals surface area contributed by atoms with Gasteiger partial charge in [0.05, 0.1) is 0 Å². The fraction of sp³-hybridized carbons (Fsp3) is 0.733. The smallest absolute Gasteiger partial charge is 0.0304 e. The predicted molar refractivity (Wildman–Crippen MR) is 80.1 cm³/mol. The van der Waals surface area contributed by atoms with Gasteiger partial charge in [-0.2, -0.15) is 11.3 Å². The Labute approximate surface area is 115 Å². The molecular weight excluding hydrogens is 240 g/mol. The lowest BCUT2D eigenvalue weighted by molar-refractivity contribution is 0.0707. The van der Waals surface area contributed by atoms with Crippen LogP contribution >= 0.6 is 11.3 Å². The molecular formula is C15H26N2S. The van der Waals surface area contributed by atoms with Crippen molar-refractivity contribution < 1.29 is 0 Å². The molecule has 1 aliphatic rings. The van der Waals surface area contributed by atoms with E-state index in [1.54, 1.807) is 11.3 Å². The summed E-state index contributed by atoms with van der Waals surface area (Å²) in [6.07, 6.45) is 6.25. The summed E-state index contributed by atoms with van der Waals surface area (Å²) in [4.78, 5) is 2.59. The molecule has 0 amide bonds. The molecule has 1 aliphatic heterocycles. The number of nitrogens with zero attached hydrogens (tertiary/aromatic N) is 1. The van der Waals surface area contributed by atoms with E-state index < -0.39 is 0 Å². The third-order valence-electron chi connectivity index (χ3n) is 4.40. The quantitative estimate of drug-likeness (QED) is 0.886. The van der Waals surface area contributed by atoms with E-state index in [9.17, 15) is 0 Å². The summed E-state index contributed by atoms with van der Waals surface area (Å²) in [6, 6.07) is 2.47.